The summed E-state index contributed by atoms with van der Waals surface area (Å²) in [5.41, 5.74) is -0.472. The standard InChI is InChI=1S/C22H20N4O7/c1-13(25-21(29)15-6-4-8-17(26(31)32)18(15)22(25)30)19(27)23-16-7-3-2-5-14(16)20(28)24-9-11-33-12-10-24/h2-8,13H,9-12H2,1H3,(H,23,27). The van der Waals surface area contributed by atoms with E-state index in [9.17, 15) is 29.3 Å². The minimum atomic E-state index is -1.27. The maximum Gasteiger partial charge on any atom is 0.282 e. The normalized spacial score (nSPS) is 16.4. The summed E-state index contributed by atoms with van der Waals surface area (Å²) in [5.74, 6) is -2.70. The summed E-state index contributed by atoms with van der Waals surface area (Å²) in [6, 6.07) is 8.90. The van der Waals surface area contributed by atoms with Crippen LogP contribution >= 0.6 is 0 Å². The second kappa shape index (κ2) is 8.79. The van der Waals surface area contributed by atoms with Crippen LogP contribution in [0.15, 0.2) is 42.5 Å². The molecule has 1 fully saturated rings. The lowest BCUT2D eigenvalue weighted by atomic mass is 10.1. The molecular formula is C22H20N4O7. The first-order valence-electron chi connectivity index (χ1n) is 10.2. The molecule has 1 atom stereocenters. The van der Waals surface area contributed by atoms with Gasteiger partial charge in [0.05, 0.1) is 35.0 Å². The van der Waals surface area contributed by atoms with Crippen LogP contribution in [-0.2, 0) is 9.53 Å². The number of hydrogen-bond donors (Lipinski definition) is 1. The SMILES string of the molecule is CC(C(=O)Nc1ccccc1C(=O)N1CCOCC1)N1C(=O)c2cccc([N+](=O)[O-])c2C1=O. The van der Waals surface area contributed by atoms with Crippen molar-refractivity contribution in [1.82, 2.24) is 9.80 Å². The molecule has 0 saturated carbocycles. The van der Waals surface area contributed by atoms with Crippen molar-refractivity contribution in [2.45, 2.75) is 13.0 Å². The van der Waals surface area contributed by atoms with Gasteiger partial charge in [-0.25, -0.2) is 0 Å². The number of nitrogens with one attached hydrogen (secondary N) is 1. The summed E-state index contributed by atoms with van der Waals surface area (Å²) in [6.07, 6.45) is 0. The predicted octanol–water partition coefficient (Wildman–Crippen LogP) is 1.69. The van der Waals surface area contributed by atoms with Gasteiger partial charge in [0, 0.05) is 19.2 Å². The zero-order valence-corrected chi connectivity index (χ0v) is 17.6. The second-order valence-corrected chi connectivity index (χ2v) is 7.55. The van der Waals surface area contributed by atoms with Crippen LogP contribution in [0.2, 0.25) is 0 Å². The zero-order chi connectivity index (χ0) is 23.7. The van der Waals surface area contributed by atoms with Gasteiger partial charge in [-0.1, -0.05) is 18.2 Å². The first-order valence-corrected chi connectivity index (χ1v) is 10.2. The van der Waals surface area contributed by atoms with Crippen LogP contribution in [0.5, 0.6) is 0 Å². The van der Waals surface area contributed by atoms with Gasteiger partial charge < -0.3 is 15.0 Å². The molecule has 0 aliphatic carbocycles. The first-order chi connectivity index (χ1) is 15.8. The number of ether oxygens (including phenoxy) is 1. The van der Waals surface area contributed by atoms with Crippen molar-refractivity contribution in [3.63, 3.8) is 0 Å². The Morgan fingerprint density at radius 1 is 1.06 bits per heavy atom. The Balaban J connectivity index is 1.56. The van der Waals surface area contributed by atoms with E-state index in [0.29, 0.717) is 31.2 Å². The Kier molecular flexibility index (Phi) is 5.88. The van der Waals surface area contributed by atoms with E-state index in [0.717, 1.165) is 6.07 Å². The number of imide groups is 1. The molecule has 11 heteroatoms. The third kappa shape index (κ3) is 3.94. The molecule has 4 amide bonds. The second-order valence-electron chi connectivity index (χ2n) is 7.55. The molecular weight excluding hydrogens is 432 g/mol. The highest BCUT2D eigenvalue weighted by molar-refractivity contribution is 6.25. The van der Waals surface area contributed by atoms with E-state index in [-0.39, 0.29) is 28.3 Å². The average Bonchev–Trinajstić information content (AvgIpc) is 3.09. The molecule has 0 bridgehead atoms. The van der Waals surface area contributed by atoms with E-state index in [4.69, 9.17) is 4.74 Å². The third-order valence-corrected chi connectivity index (χ3v) is 5.60. The molecule has 170 valence electrons. The van der Waals surface area contributed by atoms with Crippen LogP contribution in [-0.4, -0.2) is 70.7 Å². The fourth-order valence-corrected chi connectivity index (χ4v) is 3.86. The lowest BCUT2D eigenvalue weighted by molar-refractivity contribution is -0.385. The number of amides is 4. The Hall–Kier alpha value is -4.12. The van der Waals surface area contributed by atoms with Crippen molar-refractivity contribution in [1.29, 1.82) is 0 Å². The van der Waals surface area contributed by atoms with Crippen LogP contribution in [0.3, 0.4) is 0 Å². The minimum absolute atomic E-state index is 0.128. The topological polar surface area (TPSA) is 139 Å². The van der Waals surface area contributed by atoms with Gasteiger partial charge in [0.1, 0.15) is 11.6 Å². The Bertz CT molecular complexity index is 1170. The minimum Gasteiger partial charge on any atom is -0.378 e. The van der Waals surface area contributed by atoms with E-state index in [2.05, 4.69) is 5.32 Å². The van der Waals surface area contributed by atoms with Crippen molar-refractivity contribution >= 4 is 35.0 Å². The van der Waals surface area contributed by atoms with E-state index in [1.807, 2.05) is 0 Å². The Labute approximate surface area is 188 Å². The summed E-state index contributed by atoms with van der Waals surface area (Å²) < 4.78 is 5.26. The highest BCUT2D eigenvalue weighted by Gasteiger charge is 2.45. The Morgan fingerprint density at radius 2 is 1.76 bits per heavy atom. The van der Waals surface area contributed by atoms with E-state index < -0.39 is 34.4 Å². The predicted molar refractivity (Wildman–Crippen MR) is 115 cm³/mol. The molecule has 11 nitrogen and oxygen atoms in total. The highest BCUT2D eigenvalue weighted by atomic mass is 16.6. The molecule has 0 radical (unpaired) electrons. The van der Waals surface area contributed by atoms with Crippen LogP contribution in [0, 0.1) is 10.1 Å². The van der Waals surface area contributed by atoms with Crippen molar-refractivity contribution in [2.24, 2.45) is 0 Å². The number of carbonyl (C=O) groups excluding carboxylic acids is 4. The maximum atomic E-state index is 13.0. The molecule has 0 aromatic heterocycles. The smallest absolute Gasteiger partial charge is 0.282 e. The summed E-state index contributed by atoms with van der Waals surface area (Å²) in [4.78, 5) is 64.4. The maximum absolute atomic E-state index is 13.0. The zero-order valence-electron chi connectivity index (χ0n) is 17.6. The van der Waals surface area contributed by atoms with E-state index >= 15 is 0 Å². The van der Waals surface area contributed by atoms with Gasteiger partial charge in [0.25, 0.3) is 23.4 Å². The molecule has 1 unspecified atom stereocenters. The van der Waals surface area contributed by atoms with Gasteiger partial charge in [-0.2, -0.15) is 0 Å². The van der Waals surface area contributed by atoms with Gasteiger partial charge in [-0.05, 0) is 25.1 Å². The average molecular weight is 452 g/mol. The molecule has 2 aliphatic heterocycles. The monoisotopic (exact) mass is 452 g/mol. The molecule has 2 heterocycles. The van der Waals surface area contributed by atoms with Crippen LogP contribution in [0.4, 0.5) is 11.4 Å². The summed E-state index contributed by atoms with van der Waals surface area (Å²) in [7, 11) is 0. The number of hydrogen-bond acceptors (Lipinski definition) is 7. The number of nitrogens with zero attached hydrogens (tertiary/aromatic N) is 3. The van der Waals surface area contributed by atoms with Crippen molar-refractivity contribution in [2.75, 3.05) is 31.6 Å². The Morgan fingerprint density at radius 3 is 2.45 bits per heavy atom. The largest absolute Gasteiger partial charge is 0.378 e. The molecule has 1 saturated heterocycles. The molecule has 2 aliphatic rings. The number of nitro groups is 1. The molecule has 33 heavy (non-hydrogen) atoms. The summed E-state index contributed by atoms with van der Waals surface area (Å²) in [6.45, 7) is 3.03. The van der Waals surface area contributed by atoms with Gasteiger partial charge in [0.2, 0.25) is 5.91 Å². The molecule has 0 spiro atoms. The number of morpholine rings is 1. The van der Waals surface area contributed by atoms with Crippen molar-refractivity contribution in [3.05, 3.63) is 69.3 Å². The molecule has 4 rings (SSSR count). The fraction of sp³-hybridized carbons (Fsp3) is 0.273. The number of fused-ring (bicyclic) bond motifs is 1. The number of para-hydroxylation sites is 1. The fourth-order valence-electron chi connectivity index (χ4n) is 3.86. The number of rotatable bonds is 5. The third-order valence-electron chi connectivity index (χ3n) is 5.60. The number of benzene rings is 2. The van der Waals surface area contributed by atoms with Gasteiger partial charge >= 0.3 is 0 Å². The first kappa shape index (κ1) is 22.1. The number of carbonyl (C=O) groups is 4. The van der Waals surface area contributed by atoms with E-state index in [1.54, 1.807) is 29.2 Å². The van der Waals surface area contributed by atoms with Crippen LogP contribution in [0.25, 0.3) is 0 Å². The molecule has 2 aromatic carbocycles. The molecule has 2 aromatic rings. The van der Waals surface area contributed by atoms with Gasteiger partial charge in [0.15, 0.2) is 0 Å². The van der Waals surface area contributed by atoms with Crippen molar-refractivity contribution < 1.29 is 28.8 Å². The summed E-state index contributed by atoms with van der Waals surface area (Å²) >= 11 is 0. The van der Waals surface area contributed by atoms with Gasteiger partial charge in [-0.15, -0.1) is 0 Å². The van der Waals surface area contributed by atoms with Gasteiger partial charge in [-0.3, -0.25) is 34.2 Å². The quantitative estimate of drug-likeness (QED) is 0.414. The summed E-state index contributed by atoms with van der Waals surface area (Å²) in [5, 5.41) is 13.9. The number of nitro benzene ring substituents is 1. The molecule has 1 N–H and O–H groups in total. The van der Waals surface area contributed by atoms with Crippen LogP contribution in [0.1, 0.15) is 38.0 Å². The van der Waals surface area contributed by atoms with E-state index in [1.165, 1.54) is 19.1 Å². The van der Waals surface area contributed by atoms with Crippen LogP contribution < -0.4 is 5.32 Å². The van der Waals surface area contributed by atoms with Crippen molar-refractivity contribution in [3.8, 4) is 0 Å². The number of anilines is 1. The lowest BCUT2D eigenvalue weighted by Gasteiger charge is -2.28. The highest BCUT2D eigenvalue weighted by Crippen LogP contribution is 2.32. The lowest BCUT2D eigenvalue weighted by Crippen LogP contribution is -2.45.